The molecule has 26 valence electrons. The summed E-state index contributed by atoms with van der Waals surface area (Å²) in [6.45, 7) is 0. The van der Waals surface area contributed by atoms with Gasteiger partial charge in [-0.1, -0.05) is 11.6 Å². The Bertz CT molecular complexity index is 38.7. The summed E-state index contributed by atoms with van der Waals surface area (Å²) in [6.07, 6.45) is 0. The van der Waals surface area contributed by atoms with Gasteiger partial charge in [-0.05, 0) is 0 Å². The van der Waals surface area contributed by atoms with Gasteiger partial charge in [-0.25, -0.2) is 0 Å². The molecule has 0 bridgehead atoms. The number of halogens is 1. The van der Waals surface area contributed by atoms with Crippen LogP contribution in [0, 0.1) is 0 Å². The third-order valence-electron chi connectivity index (χ3n) is 0. The number of carboxylic acid groups (broad SMARTS) is 1. The molecule has 0 heterocycles. The van der Waals surface area contributed by atoms with E-state index in [0.717, 1.165) is 0 Å². The van der Waals surface area contributed by atoms with Crippen molar-refractivity contribution in [2.45, 2.75) is 0 Å². The Labute approximate surface area is 86.3 Å². The molecule has 0 aromatic heterocycles. The molecule has 0 aromatic carbocycles. The summed E-state index contributed by atoms with van der Waals surface area (Å²) in [5.74, 6) is 0. The first-order valence-corrected chi connectivity index (χ1v) is 0.975. The van der Waals surface area contributed by atoms with Crippen LogP contribution in [0.15, 0.2) is 0 Å². The van der Waals surface area contributed by atoms with Gasteiger partial charge in [-0.15, -0.1) is 0 Å². The van der Waals surface area contributed by atoms with Gasteiger partial charge in [0.1, 0.15) is 5.43 Å². The summed E-state index contributed by atoms with van der Waals surface area (Å²) in [5, 5.41) is 8.65. The summed E-state index contributed by atoms with van der Waals surface area (Å²) in [6, 6.07) is 0. The molecule has 0 atom stereocenters. The molecule has 0 aliphatic rings. The molecule has 0 saturated heterocycles. The van der Waals surface area contributed by atoms with Crippen LogP contribution in [0.3, 0.4) is 0 Å². The van der Waals surface area contributed by atoms with Crippen LogP contribution >= 0.6 is 11.6 Å². The van der Waals surface area contributed by atoms with Crippen molar-refractivity contribution in [1.82, 2.24) is 0 Å². The minimum absolute atomic E-state index is 0. The quantitative estimate of drug-likeness (QED) is 0.239. The van der Waals surface area contributed by atoms with Gasteiger partial charge in [0.25, 0.3) is 0 Å². The molecule has 0 N–H and O–H groups in total. The van der Waals surface area contributed by atoms with Crippen LogP contribution in [-0.4, -0.2) is 5.43 Å². The Hall–Kier alpha value is 1.76. The van der Waals surface area contributed by atoms with Gasteiger partial charge < -0.3 is 11.3 Å². The van der Waals surface area contributed by atoms with Crippen LogP contribution in [0.1, 0.15) is 1.43 Å². The SMILES string of the molecule is O=C([O-])Cl.[H-].[Na+].[Na+]. The van der Waals surface area contributed by atoms with Crippen LogP contribution in [0.25, 0.3) is 0 Å². The van der Waals surface area contributed by atoms with Crippen molar-refractivity contribution in [2.75, 3.05) is 0 Å². The van der Waals surface area contributed by atoms with Crippen molar-refractivity contribution in [3.05, 3.63) is 0 Å². The Morgan fingerprint density at radius 1 is 1.67 bits per heavy atom. The smallest absolute Gasteiger partial charge is 1.00 e. The molecule has 6 heavy (non-hydrogen) atoms. The normalized spacial score (nSPS) is 4.17. The second-order valence-corrected chi connectivity index (χ2v) is 0.546. The molecule has 0 aromatic rings. The number of carbonyl (C=O) groups excluding carboxylic acids is 1. The van der Waals surface area contributed by atoms with E-state index in [1.165, 1.54) is 0 Å². The number of rotatable bonds is 0. The van der Waals surface area contributed by atoms with Crippen molar-refractivity contribution in [3.8, 4) is 0 Å². The zero-order chi connectivity index (χ0) is 3.58. The number of carbonyl (C=O) groups is 1. The molecule has 2 nitrogen and oxygen atoms in total. The van der Waals surface area contributed by atoms with E-state index in [4.69, 9.17) is 9.90 Å². The number of hydrogen-bond donors (Lipinski definition) is 0. The molecule has 0 spiro atoms. The van der Waals surface area contributed by atoms with Crippen molar-refractivity contribution >= 4 is 17.0 Å². The molecule has 5 heteroatoms. The largest absolute Gasteiger partial charge is 1.00 e. The molecule has 0 radical (unpaired) electrons. The molecule has 0 unspecified atom stereocenters. The van der Waals surface area contributed by atoms with E-state index >= 15 is 0 Å². The van der Waals surface area contributed by atoms with Crippen LogP contribution < -0.4 is 64.2 Å². The van der Waals surface area contributed by atoms with Gasteiger partial charge in [-0.2, -0.15) is 0 Å². The molecular weight excluding hydrogens is 125 g/mol. The predicted molar refractivity (Wildman–Crippen MR) is 12.4 cm³/mol. The summed E-state index contributed by atoms with van der Waals surface area (Å²) in [5.41, 5.74) is -1.61. The molecule has 0 amide bonds. The molecular formula is CHClNa2O2. The maximum atomic E-state index is 8.65. The molecule has 0 fully saturated rings. The first-order chi connectivity index (χ1) is 1.73. The second-order valence-electron chi connectivity index (χ2n) is 0.238. The topological polar surface area (TPSA) is 40.1 Å². The first kappa shape index (κ1) is 15.7. The van der Waals surface area contributed by atoms with Gasteiger partial charge in [0.15, 0.2) is 0 Å². The van der Waals surface area contributed by atoms with Crippen LogP contribution in [0.4, 0.5) is 4.79 Å². The minimum Gasteiger partial charge on any atom is -1.00 e. The monoisotopic (exact) mass is 126 g/mol. The Balaban J connectivity index is -0.0000000150. The fourth-order valence-corrected chi connectivity index (χ4v) is 0. The number of hydrogen-bond acceptors (Lipinski definition) is 2. The van der Waals surface area contributed by atoms with E-state index in [-0.39, 0.29) is 60.5 Å². The minimum atomic E-state index is -1.61. The summed E-state index contributed by atoms with van der Waals surface area (Å²) < 4.78 is 0. The van der Waals surface area contributed by atoms with Gasteiger partial charge in [0, 0.05) is 0 Å². The average molecular weight is 126 g/mol. The molecule has 0 aliphatic carbocycles. The maximum absolute atomic E-state index is 8.65. The van der Waals surface area contributed by atoms with Crippen molar-refractivity contribution in [2.24, 2.45) is 0 Å². The Kier molecular flexibility index (Phi) is 25.8. The van der Waals surface area contributed by atoms with E-state index in [9.17, 15) is 0 Å². The third-order valence-corrected chi connectivity index (χ3v) is 0. The van der Waals surface area contributed by atoms with Crippen molar-refractivity contribution in [1.29, 1.82) is 0 Å². The van der Waals surface area contributed by atoms with Crippen molar-refractivity contribution in [3.63, 3.8) is 0 Å². The average Bonchev–Trinajstić information content (AvgIpc) is 0.811. The molecule has 0 aliphatic heterocycles. The maximum Gasteiger partial charge on any atom is 1.00 e. The van der Waals surface area contributed by atoms with Gasteiger partial charge >= 0.3 is 59.1 Å². The van der Waals surface area contributed by atoms with Gasteiger partial charge in [-0.3, -0.25) is 0 Å². The predicted octanol–water partition coefficient (Wildman–Crippen LogP) is -6.31. The Morgan fingerprint density at radius 3 is 1.67 bits per heavy atom. The van der Waals surface area contributed by atoms with Crippen LogP contribution in [-0.2, 0) is 0 Å². The van der Waals surface area contributed by atoms with E-state index in [0.29, 0.717) is 0 Å². The summed E-state index contributed by atoms with van der Waals surface area (Å²) >= 11 is 4.08. The van der Waals surface area contributed by atoms with E-state index in [1.54, 1.807) is 0 Å². The van der Waals surface area contributed by atoms with Gasteiger partial charge in [0.05, 0.1) is 0 Å². The van der Waals surface area contributed by atoms with E-state index in [2.05, 4.69) is 11.6 Å². The van der Waals surface area contributed by atoms with Crippen LogP contribution in [0.2, 0.25) is 0 Å². The fourth-order valence-electron chi connectivity index (χ4n) is 0. The summed E-state index contributed by atoms with van der Waals surface area (Å²) in [4.78, 5) is 8.65. The van der Waals surface area contributed by atoms with Crippen LogP contribution in [0.5, 0.6) is 0 Å². The zero-order valence-corrected chi connectivity index (χ0v) is 8.45. The van der Waals surface area contributed by atoms with Crippen molar-refractivity contribution < 1.29 is 70.4 Å². The zero-order valence-electron chi connectivity index (χ0n) is 4.69. The van der Waals surface area contributed by atoms with E-state index in [1.807, 2.05) is 0 Å². The van der Waals surface area contributed by atoms with E-state index < -0.39 is 5.43 Å². The molecule has 0 saturated carbocycles. The first-order valence-electron chi connectivity index (χ1n) is 0.597. The molecule has 0 rings (SSSR count). The summed E-state index contributed by atoms with van der Waals surface area (Å²) in [7, 11) is 0. The standard InChI is InChI=1S/CHClO2.2Na.H/c2-1(3)4;;;/h(H,3,4);;;/q;2*+1;-1/p-1. The third kappa shape index (κ3) is 42.1. The second kappa shape index (κ2) is 9.90. The Morgan fingerprint density at radius 2 is 1.67 bits per heavy atom. The fraction of sp³-hybridized carbons (Fsp3) is 0. The van der Waals surface area contributed by atoms with Gasteiger partial charge in [0.2, 0.25) is 0 Å².